The second kappa shape index (κ2) is 9.09. The van der Waals surface area contributed by atoms with Gasteiger partial charge in [0.25, 0.3) is 10.2 Å². The summed E-state index contributed by atoms with van der Waals surface area (Å²) in [6, 6.07) is 7.28. The molecule has 2 aliphatic heterocycles. The van der Waals surface area contributed by atoms with Crippen molar-refractivity contribution in [2.75, 3.05) is 39.3 Å². The summed E-state index contributed by atoms with van der Waals surface area (Å²) >= 11 is 5.91. The van der Waals surface area contributed by atoms with Gasteiger partial charge in [0.05, 0.1) is 6.54 Å². The standard InChI is InChI=1S/C19H26ClN5O3S/c20-17-7-5-16(6-8-17)19-21-18(28-22-19)15-23-11-13-25(14-12-23)29(26,27)24-9-3-1-2-4-10-24/h5-8H,1-4,9-15H2. The van der Waals surface area contributed by atoms with E-state index < -0.39 is 10.2 Å². The molecule has 2 saturated heterocycles. The van der Waals surface area contributed by atoms with Crippen LogP contribution in [0, 0.1) is 0 Å². The number of aromatic nitrogens is 2. The number of hydrogen-bond acceptors (Lipinski definition) is 6. The van der Waals surface area contributed by atoms with E-state index >= 15 is 0 Å². The summed E-state index contributed by atoms with van der Waals surface area (Å²) < 4.78 is 34.5. The lowest BCUT2D eigenvalue weighted by atomic mass is 10.2. The van der Waals surface area contributed by atoms with Gasteiger partial charge in [0.15, 0.2) is 0 Å². The van der Waals surface area contributed by atoms with Gasteiger partial charge in [-0.15, -0.1) is 0 Å². The van der Waals surface area contributed by atoms with Crippen LogP contribution < -0.4 is 0 Å². The third-order valence-electron chi connectivity index (χ3n) is 5.48. The normalized spacial score (nSPS) is 20.6. The summed E-state index contributed by atoms with van der Waals surface area (Å²) in [6.45, 7) is 4.04. The molecule has 0 saturated carbocycles. The molecular weight excluding hydrogens is 414 g/mol. The highest BCUT2D eigenvalue weighted by Crippen LogP contribution is 2.21. The SMILES string of the molecule is O=S(=O)(N1CCCCCC1)N1CCN(Cc2nc(-c3ccc(Cl)cc3)no2)CC1. The molecule has 2 fully saturated rings. The lowest BCUT2D eigenvalue weighted by Crippen LogP contribution is -2.52. The summed E-state index contributed by atoms with van der Waals surface area (Å²) in [4.78, 5) is 6.60. The molecule has 29 heavy (non-hydrogen) atoms. The molecule has 0 aliphatic carbocycles. The van der Waals surface area contributed by atoms with Crippen LogP contribution in [0.2, 0.25) is 5.02 Å². The van der Waals surface area contributed by atoms with Crippen molar-refractivity contribution in [2.24, 2.45) is 0 Å². The van der Waals surface area contributed by atoms with E-state index in [1.807, 2.05) is 12.1 Å². The molecule has 158 valence electrons. The van der Waals surface area contributed by atoms with Gasteiger partial charge in [-0.25, -0.2) is 0 Å². The molecule has 0 radical (unpaired) electrons. The second-order valence-electron chi connectivity index (χ2n) is 7.51. The van der Waals surface area contributed by atoms with Crippen LogP contribution in [0.4, 0.5) is 0 Å². The molecule has 10 heteroatoms. The lowest BCUT2D eigenvalue weighted by Gasteiger charge is -2.35. The minimum absolute atomic E-state index is 0.483. The highest BCUT2D eigenvalue weighted by Gasteiger charge is 2.32. The van der Waals surface area contributed by atoms with Crippen molar-refractivity contribution < 1.29 is 12.9 Å². The lowest BCUT2D eigenvalue weighted by molar-refractivity contribution is 0.158. The fraction of sp³-hybridized carbons (Fsp3) is 0.579. The molecule has 0 bridgehead atoms. The third kappa shape index (κ3) is 4.97. The van der Waals surface area contributed by atoms with Crippen molar-refractivity contribution in [1.82, 2.24) is 23.7 Å². The Morgan fingerprint density at radius 3 is 2.17 bits per heavy atom. The van der Waals surface area contributed by atoms with Gasteiger partial charge in [-0.05, 0) is 37.1 Å². The summed E-state index contributed by atoms with van der Waals surface area (Å²) in [5.41, 5.74) is 0.845. The predicted molar refractivity (Wildman–Crippen MR) is 111 cm³/mol. The zero-order valence-electron chi connectivity index (χ0n) is 16.3. The molecule has 0 unspecified atom stereocenters. The Balaban J connectivity index is 1.32. The Labute approximate surface area is 176 Å². The summed E-state index contributed by atoms with van der Waals surface area (Å²) in [5, 5.41) is 4.69. The van der Waals surface area contributed by atoms with Crippen LogP contribution in [0.25, 0.3) is 11.4 Å². The monoisotopic (exact) mass is 439 g/mol. The molecular formula is C19H26ClN5O3S. The van der Waals surface area contributed by atoms with Crippen LogP contribution in [0.1, 0.15) is 31.6 Å². The van der Waals surface area contributed by atoms with Crippen molar-refractivity contribution >= 4 is 21.8 Å². The van der Waals surface area contributed by atoms with E-state index in [0.717, 1.165) is 31.2 Å². The van der Waals surface area contributed by atoms with E-state index in [1.165, 1.54) is 0 Å². The van der Waals surface area contributed by atoms with Crippen molar-refractivity contribution in [3.05, 3.63) is 35.2 Å². The first-order valence-corrected chi connectivity index (χ1v) is 11.9. The Kier molecular flexibility index (Phi) is 6.50. The quantitative estimate of drug-likeness (QED) is 0.712. The van der Waals surface area contributed by atoms with Crippen LogP contribution in [0.3, 0.4) is 0 Å². The van der Waals surface area contributed by atoms with E-state index in [-0.39, 0.29) is 0 Å². The maximum absolute atomic E-state index is 12.9. The number of hydrogen-bond donors (Lipinski definition) is 0. The van der Waals surface area contributed by atoms with Crippen LogP contribution in [-0.4, -0.2) is 71.3 Å². The number of rotatable bonds is 5. The van der Waals surface area contributed by atoms with Gasteiger partial charge >= 0.3 is 0 Å². The number of halogens is 1. The van der Waals surface area contributed by atoms with Crippen molar-refractivity contribution in [3.8, 4) is 11.4 Å². The predicted octanol–water partition coefficient (Wildman–Crippen LogP) is 2.63. The molecule has 2 aliphatic rings. The maximum atomic E-state index is 12.9. The molecule has 0 N–H and O–H groups in total. The zero-order valence-corrected chi connectivity index (χ0v) is 17.9. The average Bonchev–Trinajstić information content (AvgIpc) is 3.00. The molecule has 0 spiro atoms. The van der Waals surface area contributed by atoms with Crippen molar-refractivity contribution in [2.45, 2.75) is 32.2 Å². The molecule has 1 aromatic heterocycles. The smallest absolute Gasteiger partial charge is 0.282 e. The highest BCUT2D eigenvalue weighted by atomic mass is 35.5. The van der Waals surface area contributed by atoms with Crippen molar-refractivity contribution in [1.29, 1.82) is 0 Å². The van der Waals surface area contributed by atoms with Gasteiger partial charge < -0.3 is 4.52 Å². The van der Waals surface area contributed by atoms with Crippen LogP contribution in [-0.2, 0) is 16.8 Å². The molecule has 0 atom stereocenters. The first-order valence-electron chi connectivity index (χ1n) is 10.1. The van der Waals surface area contributed by atoms with Gasteiger partial charge in [0.1, 0.15) is 0 Å². The summed E-state index contributed by atoms with van der Waals surface area (Å²) in [7, 11) is -3.36. The fourth-order valence-corrected chi connectivity index (χ4v) is 5.58. The molecule has 4 rings (SSSR count). The van der Waals surface area contributed by atoms with E-state index in [9.17, 15) is 8.42 Å². The largest absolute Gasteiger partial charge is 0.338 e. The van der Waals surface area contributed by atoms with Crippen LogP contribution >= 0.6 is 11.6 Å². The minimum Gasteiger partial charge on any atom is -0.338 e. The van der Waals surface area contributed by atoms with E-state index in [2.05, 4.69) is 15.0 Å². The molecule has 0 amide bonds. The van der Waals surface area contributed by atoms with Gasteiger partial charge in [-0.2, -0.15) is 22.0 Å². The van der Waals surface area contributed by atoms with Gasteiger partial charge in [-0.3, -0.25) is 4.90 Å². The molecule has 3 heterocycles. The Morgan fingerprint density at radius 1 is 0.897 bits per heavy atom. The van der Waals surface area contributed by atoms with E-state index in [0.29, 0.717) is 62.6 Å². The van der Waals surface area contributed by atoms with Crippen LogP contribution in [0.5, 0.6) is 0 Å². The highest BCUT2D eigenvalue weighted by molar-refractivity contribution is 7.86. The van der Waals surface area contributed by atoms with Gasteiger partial charge in [-0.1, -0.05) is 29.6 Å². The van der Waals surface area contributed by atoms with Crippen molar-refractivity contribution in [3.63, 3.8) is 0 Å². The average molecular weight is 440 g/mol. The first kappa shape index (κ1) is 20.7. The third-order valence-corrected chi connectivity index (χ3v) is 7.77. The Hall–Kier alpha value is -1.52. The topological polar surface area (TPSA) is 82.8 Å². The summed E-state index contributed by atoms with van der Waals surface area (Å²) in [6.07, 6.45) is 4.13. The minimum atomic E-state index is -3.36. The maximum Gasteiger partial charge on any atom is 0.282 e. The molecule has 1 aromatic carbocycles. The number of nitrogens with zero attached hydrogens (tertiary/aromatic N) is 5. The molecule has 8 nitrogen and oxygen atoms in total. The molecule has 2 aromatic rings. The number of benzene rings is 1. The Bertz CT molecular complexity index is 902. The van der Waals surface area contributed by atoms with Crippen LogP contribution in [0.15, 0.2) is 28.8 Å². The summed E-state index contributed by atoms with van der Waals surface area (Å²) in [5.74, 6) is 1.05. The van der Waals surface area contributed by atoms with E-state index in [4.69, 9.17) is 16.1 Å². The van der Waals surface area contributed by atoms with Gasteiger partial charge in [0, 0.05) is 49.9 Å². The Morgan fingerprint density at radius 2 is 1.52 bits per heavy atom. The van der Waals surface area contributed by atoms with Gasteiger partial charge in [0.2, 0.25) is 11.7 Å². The number of piperazine rings is 1. The zero-order chi connectivity index (χ0) is 20.3. The van der Waals surface area contributed by atoms with E-state index in [1.54, 1.807) is 20.7 Å². The first-order chi connectivity index (χ1) is 14.0. The fourth-order valence-electron chi connectivity index (χ4n) is 3.78. The second-order valence-corrected chi connectivity index (χ2v) is 9.88.